The lowest BCUT2D eigenvalue weighted by Gasteiger charge is -2.33. The second kappa shape index (κ2) is 9.73. The van der Waals surface area contributed by atoms with E-state index < -0.39 is 0 Å². The van der Waals surface area contributed by atoms with E-state index in [-0.39, 0.29) is 30.2 Å². The minimum absolute atomic E-state index is 0.105. The van der Waals surface area contributed by atoms with Crippen molar-refractivity contribution in [3.05, 3.63) is 63.9 Å². The van der Waals surface area contributed by atoms with E-state index in [0.29, 0.717) is 18.7 Å². The molecule has 2 aromatic rings. The van der Waals surface area contributed by atoms with Crippen LogP contribution in [-0.2, 0) is 17.9 Å². The maximum atomic E-state index is 13.3. The van der Waals surface area contributed by atoms with Gasteiger partial charge in [0.25, 0.3) is 0 Å². The predicted octanol–water partition coefficient (Wildman–Crippen LogP) is 3.29. The van der Waals surface area contributed by atoms with E-state index in [9.17, 15) is 14.0 Å². The summed E-state index contributed by atoms with van der Waals surface area (Å²) >= 11 is 3.34. The van der Waals surface area contributed by atoms with Crippen LogP contribution in [0.25, 0.3) is 0 Å². The highest BCUT2D eigenvalue weighted by molar-refractivity contribution is 9.10. The van der Waals surface area contributed by atoms with E-state index in [4.69, 9.17) is 5.73 Å². The summed E-state index contributed by atoms with van der Waals surface area (Å²) in [6.07, 6.45) is 1.79. The first-order valence-corrected chi connectivity index (χ1v) is 10.3. The number of primary amides is 1. The largest absolute Gasteiger partial charge is 0.371 e. The van der Waals surface area contributed by atoms with Crippen molar-refractivity contribution >= 4 is 33.6 Å². The Morgan fingerprint density at radius 3 is 2.59 bits per heavy atom. The molecular weight excluding hydrogens is 439 g/mol. The number of nitrogens with one attached hydrogen (secondary N) is 2. The van der Waals surface area contributed by atoms with Crippen molar-refractivity contribution in [3.8, 4) is 0 Å². The highest BCUT2D eigenvalue weighted by Gasteiger charge is 2.24. The maximum absolute atomic E-state index is 13.3. The third kappa shape index (κ3) is 5.93. The molecule has 1 atom stereocenters. The van der Waals surface area contributed by atoms with E-state index in [1.54, 1.807) is 6.07 Å². The number of benzene rings is 2. The lowest BCUT2D eigenvalue weighted by Crippen LogP contribution is -2.41. The quantitative estimate of drug-likeness (QED) is 0.615. The third-order valence-corrected chi connectivity index (χ3v) is 5.80. The van der Waals surface area contributed by atoms with Crippen LogP contribution in [0.15, 0.2) is 46.9 Å². The summed E-state index contributed by atoms with van der Waals surface area (Å²) in [5.74, 6) is -0.694. The highest BCUT2D eigenvalue weighted by Crippen LogP contribution is 2.23. The molecule has 6 nitrogen and oxygen atoms in total. The fraction of sp³-hybridized carbons (Fsp3) is 0.333. The van der Waals surface area contributed by atoms with Gasteiger partial charge in [0.1, 0.15) is 5.82 Å². The number of amides is 3. The van der Waals surface area contributed by atoms with Crippen molar-refractivity contribution in [2.24, 2.45) is 11.7 Å². The maximum Gasteiger partial charge on any atom is 0.315 e. The zero-order valence-electron chi connectivity index (χ0n) is 16.0. The third-order valence-electron chi connectivity index (χ3n) is 5.03. The lowest BCUT2D eigenvalue weighted by molar-refractivity contribution is -0.122. The number of carbonyl (C=O) groups is 2. The molecule has 0 aromatic heterocycles. The van der Waals surface area contributed by atoms with Crippen molar-refractivity contribution < 1.29 is 14.0 Å². The zero-order chi connectivity index (χ0) is 20.8. The Labute approximate surface area is 177 Å². The molecule has 3 amide bonds. The van der Waals surface area contributed by atoms with E-state index in [1.807, 2.05) is 24.3 Å². The Kier molecular flexibility index (Phi) is 7.09. The van der Waals surface area contributed by atoms with Crippen LogP contribution in [0.1, 0.15) is 24.0 Å². The summed E-state index contributed by atoms with van der Waals surface area (Å²) in [6.45, 7) is 2.14. The SMILES string of the molecule is NC(=O)[C@H]1CCCN(c2ccc(CNC(=O)NCc3cc(F)ccc3Br)cc2)C1. The Morgan fingerprint density at radius 1 is 1.14 bits per heavy atom. The van der Waals surface area contributed by atoms with E-state index in [1.165, 1.54) is 12.1 Å². The summed E-state index contributed by atoms with van der Waals surface area (Å²) < 4.78 is 14.0. The molecule has 2 aromatic carbocycles. The van der Waals surface area contributed by atoms with Gasteiger partial charge in [-0.05, 0) is 54.3 Å². The molecule has 1 aliphatic heterocycles. The van der Waals surface area contributed by atoms with E-state index in [0.717, 1.165) is 35.1 Å². The molecule has 1 saturated heterocycles. The minimum Gasteiger partial charge on any atom is -0.371 e. The van der Waals surface area contributed by atoms with Gasteiger partial charge in [0.2, 0.25) is 5.91 Å². The van der Waals surface area contributed by atoms with Crippen LogP contribution in [0, 0.1) is 11.7 Å². The van der Waals surface area contributed by atoms with Crippen LogP contribution < -0.4 is 21.3 Å². The van der Waals surface area contributed by atoms with Crippen LogP contribution in [-0.4, -0.2) is 25.0 Å². The predicted molar refractivity (Wildman–Crippen MR) is 114 cm³/mol. The van der Waals surface area contributed by atoms with Crippen LogP contribution in [0.5, 0.6) is 0 Å². The lowest BCUT2D eigenvalue weighted by atomic mass is 9.97. The molecule has 1 fully saturated rings. The van der Waals surface area contributed by atoms with Crippen LogP contribution in [0.3, 0.4) is 0 Å². The average Bonchev–Trinajstić information content (AvgIpc) is 2.73. The van der Waals surface area contributed by atoms with Gasteiger partial charge in [-0.25, -0.2) is 9.18 Å². The molecular formula is C21H24BrFN4O2. The molecule has 0 unspecified atom stereocenters. The second-order valence-electron chi connectivity index (χ2n) is 7.13. The second-order valence-corrected chi connectivity index (χ2v) is 7.98. The van der Waals surface area contributed by atoms with Crippen molar-refractivity contribution in [3.63, 3.8) is 0 Å². The molecule has 3 rings (SSSR count). The Bertz CT molecular complexity index is 875. The fourth-order valence-corrected chi connectivity index (χ4v) is 3.75. The first-order valence-electron chi connectivity index (χ1n) is 9.51. The molecule has 1 heterocycles. The first kappa shape index (κ1) is 21.1. The molecule has 29 heavy (non-hydrogen) atoms. The van der Waals surface area contributed by atoms with Gasteiger partial charge in [-0.1, -0.05) is 28.1 Å². The van der Waals surface area contributed by atoms with Crippen molar-refractivity contribution in [2.45, 2.75) is 25.9 Å². The minimum atomic E-state index is -0.346. The summed E-state index contributed by atoms with van der Waals surface area (Å²) in [4.78, 5) is 25.6. The van der Waals surface area contributed by atoms with Crippen molar-refractivity contribution in [1.29, 1.82) is 0 Å². The van der Waals surface area contributed by atoms with Crippen molar-refractivity contribution in [1.82, 2.24) is 10.6 Å². The molecule has 4 N–H and O–H groups in total. The highest BCUT2D eigenvalue weighted by atomic mass is 79.9. The van der Waals surface area contributed by atoms with E-state index >= 15 is 0 Å². The number of halogens is 2. The number of hydrogen-bond acceptors (Lipinski definition) is 3. The topological polar surface area (TPSA) is 87.5 Å². The van der Waals surface area contributed by atoms with Gasteiger partial charge in [0.05, 0.1) is 5.92 Å². The molecule has 0 spiro atoms. The van der Waals surface area contributed by atoms with E-state index in [2.05, 4.69) is 31.5 Å². The Balaban J connectivity index is 1.48. The summed E-state index contributed by atoms with van der Waals surface area (Å²) in [7, 11) is 0. The van der Waals surface area contributed by atoms with Gasteiger partial charge in [0.15, 0.2) is 0 Å². The van der Waals surface area contributed by atoms with Crippen molar-refractivity contribution in [2.75, 3.05) is 18.0 Å². The van der Waals surface area contributed by atoms with Crippen LogP contribution in [0.2, 0.25) is 0 Å². The monoisotopic (exact) mass is 462 g/mol. The van der Waals surface area contributed by atoms with Gasteiger partial charge < -0.3 is 21.3 Å². The average molecular weight is 463 g/mol. The van der Waals surface area contributed by atoms with Gasteiger partial charge in [-0.15, -0.1) is 0 Å². The molecule has 0 bridgehead atoms. The fourth-order valence-electron chi connectivity index (χ4n) is 3.37. The number of hydrogen-bond donors (Lipinski definition) is 3. The number of carbonyl (C=O) groups excluding carboxylic acids is 2. The molecule has 0 radical (unpaired) electrons. The number of nitrogens with two attached hydrogens (primary N) is 1. The van der Waals surface area contributed by atoms with Gasteiger partial charge in [0, 0.05) is 36.3 Å². The summed E-state index contributed by atoms with van der Waals surface area (Å²) in [5.41, 5.74) is 8.11. The molecule has 154 valence electrons. The van der Waals surface area contributed by atoms with Gasteiger partial charge >= 0.3 is 6.03 Å². The number of urea groups is 1. The number of anilines is 1. The molecule has 0 saturated carbocycles. The smallest absolute Gasteiger partial charge is 0.315 e. The van der Waals surface area contributed by atoms with Crippen LogP contribution >= 0.6 is 15.9 Å². The van der Waals surface area contributed by atoms with Crippen LogP contribution in [0.4, 0.5) is 14.9 Å². The van der Waals surface area contributed by atoms with Gasteiger partial charge in [-0.3, -0.25) is 4.79 Å². The number of piperidine rings is 1. The summed E-state index contributed by atoms with van der Waals surface area (Å²) in [6, 6.07) is 11.9. The molecule has 0 aliphatic carbocycles. The normalized spacial score (nSPS) is 16.3. The molecule has 8 heteroatoms. The summed E-state index contributed by atoms with van der Waals surface area (Å²) in [5, 5.41) is 5.51. The van der Waals surface area contributed by atoms with Gasteiger partial charge in [-0.2, -0.15) is 0 Å². The Hall–Kier alpha value is -2.61. The first-order chi connectivity index (χ1) is 13.9. The number of rotatable bonds is 6. The molecule has 1 aliphatic rings. The standard InChI is InChI=1S/C21H24BrFN4O2/c22-19-8-5-17(23)10-16(19)12-26-21(29)25-11-14-3-6-18(7-4-14)27-9-1-2-15(13-27)20(24)28/h3-8,10,15H,1-2,9,11-13H2,(H2,24,28)(H2,25,26,29)/t15-/m0/s1. The number of nitrogens with zero attached hydrogens (tertiary/aromatic N) is 1. The zero-order valence-corrected chi connectivity index (χ0v) is 17.5. The Morgan fingerprint density at radius 2 is 1.86 bits per heavy atom.